The molecule has 0 fully saturated rings. The second-order valence-electron chi connectivity index (χ2n) is 5.91. The topological polar surface area (TPSA) is 139 Å². The summed E-state index contributed by atoms with van der Waals surface area (Å²) in [7, 11) is -2.43. The van der Waals surface area contributed by atoms with Crippen LogP contribution in [-0.2, 0) is 26.2 Å². The average Bonchev–Trinajstić information content (AvgIpc) is 2.98. The van der Waals surface area contributed by atoms with Crippen LogP contribution in [0.2, 0.25) is 0 Å². The molecule has 11 heteroatoms. The fourth-order valence-corrected chi connectivity index (χ4v) is 4.13. The number of hydrogen-bond donors (Lipinski definition) is 3. The normalized spacial score (nSPS) is 14.0. The molecule has 1 aliphatic rings. The van der Waals surface area contributed by atoms with Crippen LogP contribution < -0.4 is 16.6 Å². The molecular formula is C15H24N6O4S. The number of imidazole rings is 1. The van der Waals surface area contributed by atoms with Crippen molar-refractivity contribution < 1.29 is 18.0 Å². The number of anilines is 1. The van der Waals surface area contributed by atoms with E-state index in [4.69, 9.17) is 5.84 Å². The van der Waals surface area contributed by atoms with Gasteiger partial charge in [0.2, 0.25) is 11.9 Å². The standard InChI is InChI=1S/C15H24N6O4S/c1-4-8-20(3)26(24,25)21-12-7-6-10(14(23)19-16)9-11(12)17-15(21)18-13(22)5-2/h9H,4-8,16H2,1-3H3,(H,19,23)(H,17,18,22). The Morgan fingerprint density at radius 3 is 2.62 bits per heavy atom. The lowest BCUT2D eigenvalue weighted by molar-refractivity contribution is -0.117. The highest BCUT2D eigenvalue weighted by molar-refractivity contribution is 7.87. The number of hydrazine groups is 1. The molecule has 0 atom stereocenters. The van der Waals surface area contributed by atoms with Crippen molar-refractivity contribution in [3.63, 3.8) is 0 Å². The Hall–Kier alpha value is -2.24. The first-order valence-corrected chi connectivity index (χ1v) is 9.75. The molecule has 0 saturated heterocycles. The molecule has 0 aromatic carbocycles. The van der Waals surface area contributed by atoms with Crippen molar-refractivity contribution in [2.24, 2.45) is 5.84 Å². The van der Waals surface area contributed by atoms with Crippen molar-refractivity contribution in [2.75, 3.05) is 18.9 Å². The second kappa shape index (κ2) is 7.98. The number of aromatic nitrogens is 2. The number of fused-ring (bicyclic) bond motifs is 1. The number of nitrogens with two attached hydrogens (primary N) is 1. The van der Waals surface area contributed by atoms with Crippen LogP contribution >= 0.6 is 0 Å². The van der Waals surface area contributed by atoms with Crippen molar-refractivity contribution in [3.05, 3.63) is 17.0 Å². The molecule has 0 radical (unpaired) electrons. The maximum absolute atomic E-state index is 13.0. The monoisotopic (exact) mass is 384 g/mol. The minimum atomic E-state index is -3.91. The third kappa shape index (κ3) is 3.79. The summed E-state index contributed by atoms with van der Waals surface area (Å²) >= 11 is 0. The number of nitrogens with one attached hydrogen (secondary N) is 2. The van der Waals surface area contributed by atoms with Gasteiger partial charge in [0.25, 0.3) is 5.91 Å². The highest BCUT2D eigenvalue weighted by Gasteiger charge is 2.31. The fourth-order valence-electron chi connectivity index (χ4n) is 2.67. The van der Waals surface area contributed by atoms with Gasteiger partial charge in [-0.25, -0.2) is 10.8 Å². The van der Waals surface area contributed by atoms with Crippen molar-refractivity contribution in [1.29, 1.82) is 0 Å². The van der Waals surface area contributed by atoms with Gasteiger partial charge in [0, 0.05) is 25.6 Å². The fraction of sp³-hybridized carbons (Fsp3) is 0.533. The first-order chi connectivity index (χ1) is 12.3. The molecule has 10 nitrogen and oxygen atoms in total. The van der Waals surface area contributed by atoms with Crippen LogP contribution in [0.3, 0.4) is 0 Å². The predicted molar refractivity (Wildman–Crippen MR) is 97.0 cm³/mol. The van der Waals surface area contributed by atoms with Crippen molar-refractivity contribution in [3.8, 4) is 0 Å². The molecule has 0 unspecified atom stereocenters. The van der Waals surface area contributed by atoms with E-state index in [2.05, 4.69) is 15.7 Å². The van der Waals surface area contributed by atoms with E-state index in [9.17, 15) is 18.0 Å². The number of amides is 2. The molecule has 4 N–H and O–H groups in total. The third-order valence-electron chi connectivity index (χ3n) is 4.06. The first kappa shape index (κ1) is 20.1. The molecule has 0 spiro atoms. The minimum absolute atomic E-state index is 0.0736. The van der Waals surface area contributed by atoms with E-state index < -0.39 is 16.1 Å². The van der Waals surface area contributed by atoms with Crippen LogP contribution in [0, 0.1) is 0 Å². The number of hydrogen-bond acceptors (Lipinski definition) is 6. The van der Waals surface area contributed by atoms with E-state index in [0.717, 1.165) is 3.97 Å². The molecule has 0 saturated carbocycles. The predicted octanol–water partition coefficient (Wildman–Crippen LogP) is -0.0142. The molecule has 26 heavy (non-hydrogen) atoms. The van der Waals surface area contributed by atoms with Gasteiger partial charge in [0.15, 0.2) is 0 Å². The molecule has 1 aliphatic carbocycles. The Kier molecular flexibility index (Phi) is 6.16. The van der Waals surface area contributed by atoms with Crippen LogP contribution in [-0.4, -0.2) is 47.1 Å². The van der Waals surface area contributed by atoms with Gasteiger partial charge in [-0.05, 0) is 25.3 Å². The van der Waals surface area contributed by atoms with Gasteiger partial charge in [-0.2, -0.15) is 16.7 Å². The van der Waals surface area contributed by atoms with Gasteiger partial charge in [-0.15, -0.1) is 0 Å². The third-order valence-corrected chi connectivity index (χ3v) is 5.88. The van der Waals surface area contributed by atoms with E-state index in [1.165, 1.54) is 17.4 Å². The lowest BCUT2D eigenvalue weighted by atomic mass is 10.00. The van der Waals surface area contributed by atoms with Gasteiger partial charge < -0.3 is 0 Å². The first-order valence-electron chi connectivity index (χ1n) is 8.36. The smallest absolute Gasteiger partial charge is 0.295 e. The molecule has 1 heterocycles. The molecule has 2 rings (SSSR count). The average molecular weight is 384 g/mol. The number of carbonyl (C=O) groups is 2. The molecule has 2 amide bonds. The summed E-state index contributed by atoms with van der Waals surface area (Å²) in [5, 5.41) is 2.53. The lowest BCUT2D eigenvalue weighted by Crippen LogP contribution is -2.35. The van der Waals surface area contributed by atoms with Crippen molar-refractivity contribution in [2.45, 2.75) is 39.5 Å². The van der Waals surface area contributed by atoms with Crippen LogP contribution in [0.1, 0.15) is 44.5 Å². The van der Waals surface area contributed by atoms with E-state index in [1.54, 1.807) is 6.92 Å². The van der Waals surface area contributed by atoms with Crippen LogP contribution in [0.4, 0.5) is 5.95 Å². The van der Waals surface area contributed by atoms with Crippen LogP contribution in [0.15, 0.2) is 5.57 Å². The highest BCUT2D eigenvalue weighted by Crippen LogP contribution is 2.29. The van der Waals surface area contributed by atoms with Crippen LogP contribution in [0.5, 0.6) is 0 Å². The summed E-state index contributed by atoms with van der Waals surface area (Å²) in [5.74, 6) is 4.28. The molecule has 0 bridgehead atoms. The Balaban J connectivity index is 2.60. The highest BCUT2D eigenvalue weighted by atomic mass is 32.2. The molecule has 1 aromatic rings. The zero-order valence-electron chi connectivity index (χ0n) is 15.1. The van der Waals surface area contributed by atoms with Gasteiger partial charge in [-0.1, -0.05) is 13.8 Å². The summed E-state index contributed by atoms with van der Waals surface area (Å²) in [6.45, 7) is 3.85. The largest absolute Gasteiger partial charge is 0.310 e. The van der Waals surface area contributed by atoms with E-state index in [-0.39, 0.29) is 24.7 Å². The Morgan fingerprint density at radius 1 is 1.35 bits per heavy atom. The zero-order valence-corrected chi connectivity index (χ0v) is 15.9. The minimum Gasteiger partial charge on any atom is -0.295 e. The van der Waals surface area contributed by atoms with E-state index in [1.807, 2.05) is 6.92 Å². The van der Waals surface area contributed by atoms with Gasteiger partial charge >= 0.3 is 10.2 Å². The maximum atomic E-state index is 13.0. The summed E-state index contributed by atoms with van der Waals surface area (Å²) < 4.78 is 28.3. The summed E-state index contributed by atoms with van der Waals surface area (Å²) in [4.78, 5) is 27.8. The van der Waals surface area contributed by atoms with E-state index >= 15 is 0 Å². The summed E-state index contributed by atoms with van der Waals surface area (Å²) in [6, 6.07) is 0. The quantitative estimate of drug-likeness (QED) is 0.343. The summed E-state index contributed by atoms with van der Waals surface area (Å²) in [5.41, 5.74) is 3.21. The Morgan fingerprint density at radius 2 is 2.04 bits per heavy atom. The van der Waals surface area contributed by atoms with Gasteiger partial charge in [-0.3, -0.25) is 20.3 Å². The van der Waals surface area contributed by atoms with Crippen LogP contribution in [0.25, 0.3) is 6.08 Å². The van der Waals surface area contributed by atoms with Crippen molar-refractivity contribution >= 4 is 34.0 Å². The SMILES string of the molecule is CCCN(C)S(=O)(=O)n1c(NC(=O)CC)nc2c1CCC(C(=O)NN)=C2. The number of carbonyl (C=O) groups excluding carboxylic acids is 2. The van der Waals surface area contributed by atoms with Gasteiger partial charge in [0.05, 0.1) is 11.4 Å². The second-order valence-corrected chi connectivity index (χ2v) is 7.79. The Bertz CT molecular complexity index is 843. The maximum Gasteiger partial charge on any atom is 0.310 e. The number of rotatable bonds is 7. The molecule has 144 valence electrons. The lowest BCUT2D eigenvalue weighted by Gasteiger charge is -2.21. The zero-order chi connectivity index (χ0) is 19.5. The van der Waals surface area contributed by atoms with Crippen molar-refractivity contribution in [1.82, 2.24) is 18.7 Å². The Labute approximate surface area is 152 Å². The molecule has 0 aliphatic heterocycles. The number of nitrogens with zero attached hydrogens (tertiary/aromatic N) is 3. The van der Waals surface area contributed by atoms with E-state index in [0.29, 0.717) is 36.3 Å². The molecular weight excluding hydrogens is 360 g/mol. The summed E-state index contributed by atoms with van der Waals surface area (Å²) in [6.07, 6.45) is 2.91. The molecule has 1 aromatic heterocycles. The van der Waals surface area contributed by atoms with Gasteiger partial charge in [0.1, 0.15) is 0 Å².